The summed E-state index contributed by atoms with van der Waals surface area (Å²) in [7, 11) is 0. The van der Waals surface area contributed by atoms with Gasteiger partial charge >= 0.3 is 0 Å². The van der Waals surface area contributed by atoms with Crippen molar-refractivity contribution in [2.75, 3.05) is 0 Å². The molecule has 0 saturated heterocycles. The van der Waals surface area contributed by atoms with Crippen molar-refractivity contribution in [2.45, 2.75) is 32.2 Å². The quantitative estimate of drug-likeness (QED) is 0.788. The van der Waals surface area contributed by atoms with Crippen LogP contribution in [0.2, 0.25) is 0 Å². The number of carbonyl (C=O) groups is 1. The zero-order chi connectivity index (χ0) is 13.3. The normalized spacial score (nSPS) is 10.3. The molecule has 3 nitrogen and oxygen atoms in total. The molecule has 1 heterocycles. The zero-order valence-electron chi connectivity index (χ0n) is 10.8. The van der Waals surface area contributed by atoms with E-state index in [1.807, 2.05) is 11.4 Å². The summed E-state index contributed by atoms with van der Waals surface area (Å²) in [5.74, 6) is 0.114. The highest BCUT2D eigenvalue weighted by molar-refractivity contribution is 7.09. The smallest absolute Gasteiger partial charge is 0.220 e. The van der Waals surface area contributed by atoms with E-state index < -0.39 is 0 Å². The van der Waals surface area contributed by atoms with E-state index in [-0.39, 0.29) is 5.91 Å². The number of amides is 1. The minimum atomic E-state index is 0.114. The van der Waals surface area contributed by atoms with Crippen molar-refractivity contribution in [1.29, 1.82) is 0 Å². The van der Waals surface area contributed by atoms with Crippen LogP contribution in [0.4, 0.5) is 0 Å². The standard InChI is InChI=1S/C15H18N2OS/c18-14(17-12-15-16-10-11-19-15)9-5-4-8-13-6-2-1-3-7-13/h1-3,6-7,10-11H,4-5,8-9,12H2,(H,17,18). The molecule has 0 radical (unpaired) electrons. The molecule has 0 unspecified atom stereocenters. The zero-order valence-corrected chi connectivity index (χ0v) is 11.7. The maximum Gasteiger partial charge on any atom is 0.220 e. The van der Waals surface area contributed by atoms with Gasteiger partial charge in [0.1, 0.15) is 5.01 Å². The van der Waals surface area contributed by atoms with Gasteiger partial charge in [0.25, 0.3) is 0 Å². The van der Waals surface area contributed by atoms with Gasteiger partial charge in [-0.25, -0.2) is 4.98 Å². The minimum absolute atomic E-state index is 0.114. The van der Waals surface area contributed by atoms with E-state index in [9.17, 15) is 4.79 Å². The maximum absolute atomic E-state index is 11.6. The molecule has 1 N–H and O–H groups in total. The fraction of sp³-hybridized carbons (Fsp3) is 0.333. The van der Waals surface area contributed by atoms with Gasteiger partial charge in [0.15, 0.2) is 0 Å². The predicted molar refractivity (Wildman–Crippen MR) is 78.0 cm³/mol. The molecule has 1 aromatic carbocycles. The summed E-state index contributed by atoms with van der Waals surface area (Å²) in [6.07, 6.45) is 5.37. The lowest BCUT2D eigenvalue weighted by molar-refractivity contribution is -0.121. The number of thiazole rings is 1. The lowest BCUT2D eigenvalue weighted by Gasteiger charge is -2.03. The van der Waals surface area contributed by atoms with E-state index >= 15 is 0 Å². The number of hydrogen-bond donors (Lipinski definition) is 1. The van der Waals surface area contributed by atoms with Gasteiger partial charge in [-0.05, 0) is 24.8 Å². The molecular formula is C15H18N2OS. The Kier molecular flexibility index (Phi) is 5.56. The molecule has 0 bridgehead atoms. The van der Waals surface area contributed by atoms with Crippen LogP contribution in [-0.2, 0) is 17.8 Å². The predicted octanol–water partition coefficient (Wildman–Crippen LogP) is 3.17. The van der Waals surface area contributed by atoms with Gasteiger partial charge in [-0.3, -0.25) is 4.79 Å². The van der Waals surface area contributed by atoms with Crippen LogP contribution in [0.25, 0.3) is 0 Å². The number of nitrogens with one attached hydrogen (secondary N) is 1. The van der Waals surface area contributed by atoms with Gasteiger partial charge in [0.05, 0.1) is 6.54 Å². The van der Waals surface area contributed by atoms with Gasteiger partial charge in [-0.1, -0.05) is 30.3 Å². The van der Waals surface area contributed by atoms with Crippen LogP contribution in [0.15, 0.2) is 41.9 Å². The Hall–Kier alpha value is -1.68. The molecule has 1 amide bonds. The van der Waals surface area contributed by atoms with Crippen molar-refractivity contribution in [3.05, 3.63) is 52.5 Å². The van der Waals surface area contributed by atoms with E-state index in [2.05, 4.69) is 34.6 Å². The number of benzene rings is 1. The second-order valence-electron chi connectivity index (χ2n) is 4.40. The van der Waals surface area contributed by atoms with E-state index in [0.717, 1.165) is 24.3 Å². The Bertz CT molecular complexity index is 482. The van der Waals surface area contributed by atoms with E-state index in [1.54, 1.807) is 17.5 Å². The molecule has 0 aliphatic heterocycles. The number of aryl methyl sites for hydroxylation is 1. The highest BCUT2D eigenvalue weighted by Crippen LogP contribution is 2.07. The van der Waals surface area contributed by atoms with Crippen LogP contribution in [0.5, 0.6) is 0 Å². The molecule has 0 spiro atoms. The largest absolute Gasteiger partial charge is 0.350 e. The number of carbonyl (C=O) groups excluding carboxylic acids is 1. The maximum atomic E-state index is 11.6. The van der Waals surface area contributed by atoms with Gasteiger partial charge in [0, 0.05) is 18.0 Å². The summed E-state index contributed by atoms with van der Waals surface area (Å²) >= 11 is 1.56. The summed E-state index contributed by atoms with van der Waals surface area (Å²) in [5.41, 5.74) is 1.34. The first-order valence-corrected chi connectivity index (χ1v) is 7.41. The lowest BCUT2D eigenvalue weighted by atomic mass is 10.1. The Morgan fingerprint density at radius 3 is 2.79 bits per heavy atom. The topological polar surface area (TPSA) is 42.0 Å². The Morgan fingerprint density at radius 2 is 2.05 bits per heavy atom. The van der Waals surface area contributed by atoms with Crippen LogP contribution < -0.4 is 5.32 Å². The van der Waals surface area contributed by atoms with E-state index in [4.69, 9.17) is 0 Å². The highest BCUT2D eigenvalue weighted by Gasteiger charge is 2.02. The number of nitrogens with zero attached hydrogens (tertiary/aromatic N) is 1. The molecule has 0 aliphatic rings. The molecule has 0 fully saturated rings. The van der Waals surface area contributed by atoms with Gasteiger partial charge in [0.2, 0.25) is 5.91 Å². The Morgan fingerprint density at radius 1 is 1.21 bits per heavy atom. The lowest BCUT2D eigenvalue weighted by Crippen LogP contribution is -2.22. The summed E-state index contributed by atoms with van der Waals surface area (Å²) in [6, 6.07) is 10.4. The Labute approximate surface area is 117 Å². The fourth-order valence-corrected chi connectivity index (χ4v) is 2.42. The van der Waals surface area contributed by atoms with Crippen LogP contribution in [-0.4, -0.2) is 10.9 Å². The third-order valence-corrected chi connectivity index (χ3v) is 3.66. The van der Waals surface area contributed by atoms with Crippen LogP contribution in [0.3, 0.4) is 0 Å². The summed E-state index contributed by atoms with van der Waals surface area (Å²) in [5, 5.41) is 5.77. The van der Waals surface area contributed by atoms with Crippen molar-refractivity contribution in [3.63, 3.8) is 0 Å². The van der Waals surface area contributed by atoms with E-state index in [0.29, 0.717) is 13.0 Å². The molecule has 100 valence electrons. The highest BCUT2D eigenvalue weighted by atomic mass is 32.1. The molecule has 2 rings (SSSR count). The second kappa shape index (κ2) is 7.69. The third-order valence-electron chi connectivity index (χ3n) is 2.88. The van der Waals surface area contributed by atoms with Gasteiger partial charge in [-0.15, -0.1) is 11.3 Å². The van der Waals surface area contributed by atoms with Gasteiger partial charge in [-0.2, -0.15) is 0 Å². The SMILES string of the molecule is O=C(CCCCc1ccccc1)NCc1nccs1. The average Bonchev–Trinajstić information content (AvgIpc) is 2.96. The van der Waals surface area contributed by atoms with Crippen LogP contribution in [0, 0.1) is 0 Å². The van der Waals surface area contributed by atoms with Crippen LogP contribution >= 0.6 is 11.3 Å². The van der Waals surface area contributed by atoms with Crippen molar-refractivity contribution in [2.24, 2.45) is 0 Å². The Balaban J connectivity index is 1.57. The third kappa shape index (κ3) is 5.22. The first-order valence-electron chi connectivity index (χ1n) is 6.53. The van der Waals surface area contributed by atoms with Crippen molar-refractivity contribution in [3.8, 4) is 0 Å². The molecule has 1 aromatic heterocycles. The van der Waals surface area contributed by atoms with Crippen molar-refractivity contribution in [1.82, 2.24) is 10.3 Å². The molecule has 2 aromatic rings. The second-order valence-corrected chi connectivity index (χ2v) is 5.37. The number of aromatic nitrogens is 1. The monoisotopic (exact) mass is 274 g/mol. The summed E-state index contributed by atoms with van der Waals surface area (Å²) in [6.45, 7) is 0.551. The first-order chi connectivity index (χ1) is 9.34. The molecule has 4 heteroatoms. The molecule has 0 aliphatic carbocycles. The molecule has 0 atom stereocenters. The minimum Gasteiger partial charge on any atom is -0.350 e. The van der Waals surface area contributed by atoms with Crippen molar-refractivity contribution >= 4 is 17.2 Å². The number of unbranched alkanes of at least 4 members (excludes halogenated alkanes) is 1. The molecule has 0 saturated carbocycles. The van der Waals surface area contributed by atoms with Crippen LogP contribution in [0.1, 0.15) is 29.8 Å². The van der Waals surface area contributed by atoms with E-state index in [1.165, 1.54) is 5.56 Å². The summed E-state index contributed by atoms with van der Waals surface area (Å²) in [4.78, 5) is 15.7. The number of hydrogen-bond acceptors (Lipinski definition) is 3. The van der Waals surface area contributed by atoms with Crippen molar-refractivity contribution < 1.29 is 4.79 Å². The molecule has 19 heavy (non-hydrogen) atoms. The first kappa shape index (κ1) is 13.7. The summed E-state index contributed by atoms with van der Waals surface area (Å²) < 4.78 is 0. The average molecular weight is 274 g/mol. The number of rotatable bonds is 7. The molecular weight excluding hydrogens is 256 g/mol. The fourth-order valence-electron chi connectivity index (χ4n) is 1.86. The van der Waals surface area contributed by atoms with Gasteiger partial charge < -0.3 is 5.32 Å².